The molecule has 0 spiro atoms. The topological polar surface area (TPSA) is 89.8 Å². The highest BCUT2D eigenvalue weighted by molar-refractivity contribution is 6.04. The lowest BCUT2D eigenvalue weighted by Crippen LogP contribution is -2.12. The Kier molecular flexibility index (Phi) is 4.56. The number of hydrogen-bond donors (Lipinski definition) is 4. The molecule has 2 aromatic carbocycles. The zero-order chi connectivity index (χ0) is 16.3. The third-order valence-corrected chi connectivity index (χ3v) is 3.20. The molecule has 0 unspecified atom stereocenters. The van der Waals surface area contributed by atoms with Crippen LogP contribution >= 0.6 is 0 Å². The highest BCUT2D eigenvalue weighted by Crippen LogP contribution is 2.28. The molecule has 4 N–H and O–H groups in total. The molecular weight excluding hydrogens is 282 g/mol. The van der Waals surface area contributed by atoms with Crippen LogP contribution in [-0.2, 0) is 6.42 Å². The van der Waals surface area contributed by atoms with Crippen LogP contribution in [0, 0.1) is 5.92 Å². The molecule has 116 valence electrons. The second kappa shape index (κ2) is 6.39. The smallest absolute Gasteiger partial charge is 0.255 e. The van der Waals surface area contributed by atoms with Gasteiger partial charge in [-0.05, 0) is 48.2 Å². The number of rotatable bonds is 4. The monoisotopic (exact) mass is 301 g/mol. The van der Waals surface area contributed by atoms with Crippen molar-refractivity contribution in [3.8, 4) is 17.2 Å². The molecule has 0 aliphatic rings. The zero-order valence-corrected chi connectivity index (χ0v) is 12.5. The van der Waals surface area contributed by atoms with Gasteiger partial charge in [0.2, 0.25) is 0 Å². The summed E-state index contributed by atoms with van der Waals surface area (Å²) in [5.41, 5.74) is 1.51. The average molecular weight is 301 g/mol. The maximum Gasteiger partial charge on any atom is 0.255 e. The Hall–Kier alpha value is -2.69. The Bertz CT molecular complexity index is 695. The van der Waals surface area contributed by atoms with Crippen LogP contribution in [0.5, 0.6) is 17.2 Å². The van der Waals surface area contributed by atoms with E-state index in [0.717, 1.165) is 5.56 Å². The first-order chi connectivity index (χ1) is 10.4. The Morgan fingerprint density at radius 2 is 1.68 bits per heavy atom. The van der Waals surface area contributed by atoms with Gasteiger partial charge in [-0.15, -0.1) is 0 Å². The number of aromatic hydroxyl groups is 3. The average Bonchev–Trinajstić information content (AvgIpc) is 2.44. The zero-order valence-electron chi connectivity index (χ0n) is 12.5. The summed E-state index contributed by atoms with van der Waals surface area (Å²) in [4.78, 5) is 12.2. The van der Waals surface area contributed by atoms with Gasteiger partial charge in [-0.25, -0.2) is 0 Å². The molecule has 0 radical (unpaired) electrons. The number of anilines is 1. The minimum absolute atomic E-state index is 0.174. The van der Waals surface area contributed by atoms with E-state index in [9.17, 15) is 20.1 Å². The second-order valence-electron chi connectivity index (χ2n) is 5.60. The van der Waals surface area contributed by atoms with Gasteiger partial charge in [-0.3, -0.25) is 4.79 Å². The van der Waals surface area contributed by atoms with Crippen LogP contribution in [0.1, 0.15) is 29.8 Å². The van der Waals surface area contributed by atoms with Gasteiger partial charge in [-0.1, -0.05) is 13.8 Å². The SMILES string of the molecule is CC(C)Cc1cc(C(=O)Nc2ccc(O)c(O)c2)ccc1O. The fraction of sp³-hybridized carbons (Fsp3) is 0.235. The summed E-state index contributed by atoms with van der Waals surface area (Å²) >= 11 is 0. The van der Waals surface area contributed by atoms with E-state index in [1.165, 1.54) is 30.3 Å². The molecule has 22 heavy (non-hydrogen) atoms. The van der Waals surface area contributed by atoms with Gasteiger partial charge >= 0.3 is 0 Å². The van der Waals surface area contributed by atoms with Gasteiger partial charge in [0.05, 0.1) is 0 Å². The fourth-order valence-corrected chi connectivity index (χ4v) is 2.13. The molecule has 0 aliphatic carbocycles. The molecule has 0 aliphatic heterocycles. The molecule has 1 amide bonds. The maximum atomic E-state index is 12.2. The lowest BCUT2D eigenvalue weighted by Gasteiger charge is -2.11. The molecule has 2 rings (SSSR count). The van der Waals surface area contributed by atoms with Crippen LogP contribution in [-0.4, -0.2) is 21.2 Å². The number of nitrogens with one attached hydrogen (secondary N) is 1. The number of benzene rings is 2. The van der Waals surface area contributed by atoms with E-state index < -0.39 is 0 Å². The van der Waals surface area contributed by atoms with Crippen molar-refractivity contribution in [1.29, 1.82) is 0 Å². The third kappa shape index (κ3) is 3.69. The van der Waals surface area contributed by atoms with Crippen LogP contribution in [0.25, 0.3) is 0 Å². The van der Waals surface area contributed by atoms with Crippen LogP contribution in [0.4, 0.5) is 5.69 Å². The van der Waals surface area contributed by atoms with Gasteiger partial charge < -0.3 is 20.6 Å². The lowest BCUT2D eigenvalue weighted by molar-refractivity contribution is 0.102. The molecule has 5 heteroatoms. The number of carbonyl (C=O) groups is 1. The summed E-state index contributed by atoms with van der Waals surface area (Å²) < 4.78 is 0. The molecule has 0 saturated heterocycles. The summed E-state index contributed by atoms with van der Waals surface area (Å²) in [5, 5.41) is 31.1. The Morgan fingerprint density at radius 1 is 1.00 bits per heavy atom. The molecule has 0 aromatic heterocycles. The van der Waals surface area contributed by atoms with Crippen molar-refractivity contribution in [3.05, 3.63) is 47.5 Å². The molecule has 2 aromatic rings. The maximum absolute atomic E-state index is 12.2. The Labute approximate surface area is 128 Å². The van der Waals surface area contributed by atoms with Crippen molar-refractivity contribution in [2.24, 2.45) is 5.92 Å². The van der Waals surface area contributed by atoms with E-state index in [1.807, 2.05) is 13.8 Å². The number of hydrogen-bond acceptors (Lipinski definition) is 4. The standard InChI is InChI=1S/C17H19NO4/c1-10(2)7-12-8-11(3-5-14(12)19)17(22)18-13-4-6-15(20)16(21)9-13/h3-6,8-10,19-21H,7H2,1-2H3,(H,18,22). The predicted octanol–water partition coefficient (Wildman–Crippen LogP) is 3.25. The first kappa shape index (κ1) is 15.7. The van der Waals surface area contributed by atoms with E-state index in [2.05, 4.69) is 5.32 Å². The number of carbonyl (C=O) groups excluding carboxylic acids is 1. The van der Waals surface area contributed by atoms with Crippen LogP contribution in [0.15, 0.2) is 36.4 Å². The predicted molar refractivity (Wildman–Crippen MR) is 84.4 cm³/mol. The minimum Gasteiger partial charge on any atom is -0.508 e. The van der Waals surface area contributed by atoms with Gasteiger partial charge in [0, 0.05) is 17.3 Å². The van der Waals surface area contributed by atoms with Gasteiger partial charge in [0.25, 0.3) is 5.91 Å². The molecule has 0 fully saturated rings. The van der Waals surface area contributed by atoms with E-state index in [0.29, 0.717) is 23.6 Å². The first-order valence-corrected chi connectivity index (χ1v) is 7.02. The van der Waals surface area contributed by atoms with Crippen molar-refractivity contribution in [2.45, 2.75) is 20.3 Å². The molecule has 5 nitrogen and oxygen atoms in total. The van der Waals surface area contributed by atoms with Gasteiger partial charge in [0.15, 0.2) is 11.5 Å². The first-order valence-electron chi connectivity index (χ1n) is 7.02. The van der Waals surface area contributed by atoms with Crippen molar-refractivity contribution >= 4 is 11.6 Å². The van der Waals surface area contributed by atoms with Crippen LogP contribution < -0.4 is 5.32 Å². The van der Waals surface area contributed by atoms with E-state index in [4.69, 9.17) is 0 Å². The largest absolute Gasteiger partial charge is 0.508 e. The normalized spacial score (nSPS) is 10.7. The van der Waals surface area contributed by atoms with Crippen LogP contribution in [0.2, 0.25) is 0 Å². The van der Waals surface area contributed by atoms with E-state index in [-0.39, 0.29) is 23.2 Å². The van der Waals surface area contributed by atoms with E-state index >= 15 is 0 Å². The minimum atomic E-state index is -0.352. The molecular formula is C17H19NO4. The number of phenolic OH excluding ortho intramolecular Hbond substituents is 3. The Balaban J connectivity index is 2.20. The molecule has 0 heterocycles. The van der Waals surface area contributed by atoms with Crippen LogP contribution in [0.3, 0.4) is 0 Å². The van der Waals surface area contributed by atoms with Crippen molar-refractivity contribution in [1.82, 2.24) is 0 Å². The van der Waals surface area contributed by atoms with Crippen molar-refractivity contribution in [2.75, 3.05) is 5.32 Å². The molecule has 0 saturated carbocycles. The fourth-order valence-electron chi connectivity index (χ4n) is 2.13. The summed E-state index contributed by atoms with van der Waals surface area (Å²) in [6, 6.07) is 8.75. The summed E-state index contributed by atoms with van der Waals surface area (Å²) in [5.74, 6) is -0.369. The third-order valence-electron chi connectivity index (χ3n) is 3.20. The van der Waals surface area contributed by atoms with Crippen molar-refractivity contribution in [3.63, 3.8) is 0 Å². The number of phenols is 3. The summed E-state index contributed by atoms with van der Waals surface area (Å²) in [6.07, 6.45) is 0.674. The Morgan fingerprint density at radius 3 is 2.32 bits per heavy atom. The number of amides is 1. The van der Waals surface area contributed by atoms with Crippen molar-refractivity contribution < 1.29 is 20.1 Å². The van der Waals surface area contributed by atoms with Gasteiger partial charge in [-0.2, -0.15) is 0 Å². The molecule has 0 atom stereocenters. The highest BCUT2D eigenvalue weighted by atomic mass is 16.3. The second-order valence-corrected chi connectivity index (χ2v) is 5.60. The highest BCUT2D eigenvalue weighted by Gasteiger charge is 2.11. The lowest BCUT2D eigenvalue weighted by atomic mass is 9.99. The summed E-state index contributed by atoms with van der Waals surface area (Å²) in [6.45, 7) is 4.07. The van der Waals surface area contributed by atoms with Gasteiger partial charge in [0.1, 0.15) is 5.75 Å². The summed E-state index contributed by atoms with van der Waals surface area (Å²) in [7, 11) is 0. The molecule has 0 bridgehead atoms. The van der Waals surface area contributed by atoms with E-state index in [1.54, 1.807) is 6.07 Å². The quantitative estimate of drug-likeness (QED) is 0.515.